The minimum atomic E-state index is -0.495. The number of piperazine rings is 1. The number of nitrogens with one attached hydrogen (secondary N) is 1. The maximum absolute atomic E-state index is 12.7. The number of aryl methyl sites for hydroxylation is 1. The van der Waals surface area contributed by atoms with E-state index >= 15 is 0 Å². The van der Waals surface area contributed by atoms with E-state index in [0.29, 0.717) is 24.2 Å². The number of amides is 2. The number of aliphatic hydroxyl groups is 1. The van der Waals surface area contributed by atoms with Crippen LogP contribution in [0.2, 0.25) is 0 Å². The first-order valence-corrected chi connectivity index (χ1v) is 6.83. The SMILES string of the molecule is Cc1ccc(C#CCO)c(C(=O)N2CCNC(=O)C2C)c1. The maximum atomic E-state index is 12.7. The molecule has 1 atom stereocenters. The summed E-state index contributed by atoms with van der Waals surface area (Å²) in [7, 11) is 0. The number of carbonyl (C=O) groups excluding carboxylic acids is 2. The molecule has 0 radical (unpaired) electrons. The van der Waals surface area contributed by atoms with Crippen molar-refractivity contribution in [3.05, 3.63) is 34.9 Å². The van der Waals surface area contributed by atoms with Crippen LogP contribution in [0.1, 0.15) is 28.4 Å². The highest BCUT2D eigenvalue weighted by Crippen LogP contribution is 2.16. The van der Waals surface area contributed by atoms with Crippen LogP contribution in [0.5, 0.6) is 0 Å². The highest BCUT2D eigenvalue weighted by Gasteiger charge is 2.30. The topological polar surface area (TPSA) is 69.6 Å². The lowest BCUT2D eigenvalue weighted by Gasteiger charge is -2.33. The standard InChI is InChI=1S/C16H18N2O3/c1-11-5-6-13(4-3-9-19)14(10-11)16(21)18-8-7-17-15(20)12(18)2/h5-6,10,12,19H,7-9H2,1-2H3,(H,17,20). The lowest BCUT2D eigenvalue weighted by atomic mass is 10.0. The number of hydrogen-bond donors (Lipinski definition) is 2. The van der Waals surface area contributed by atoms with E-state index in [1.165, 1.54) is 0 Å². The number of carbonyl (C=O) groups is 2. The molecule has 1 aliphatic heterocycles. The molecular formula is C16H18N2O3. The largest absolute Gasteiger partial charge is 0.384 e. The van der Waals surface area contributed by atoms with Crippen molar-refractivity contribution in [2.24, 2.45) is 0 Å². The summed E-state index contributed by atoms with van der Waals surface area (Å²) in [6.45, 7) is 4.28. The van der Waals surface area contributed by atoms with E-state index in [1.807, 2.05) is 13.0 Å². The molecule has 1 saturated heterocycles. The molecule has 1 aromatic carbocycles. The number of nitrogens with zero attached hydrogens (tertiary/aromatic N) is 1. The Morgan fingerprint density at radius 1 is 1.52 bits per heavy atom. The average molecular weight is 286 g/mol. The van der Waals surface area contributed by atoms with Crippen molar-refractivity contribution >= 4 is 11.8 Å². The Hall–Kier alpha value is -2.32. The number of rotatable bonds is 1. The first-order chi connectivity index (χ1) is 10.0. The van der Waals surface area contributed by atoms with Gasteiger partial charge in [0.1, 0.15) is 12.6 Å². The van der Waals surface area contributed by atoms with Crippen LogP contribution >= 0.6 is 0 Å². The molecule has 2 N–H and O–H groups in total. The van der Waals surface area contributed by atoms with Crippen molar-refractivity contribution in [3.8, 4) is 11.8 Å². The van der Waals surface area contributed by atoms with Crippen molar-refractivity contribution in [1.29, 1.82) is 0 Å². The fourth-order valence-electron chi connectivity index (χ4n) is 2.29. The van der Waals surface area contributed by atoms with Crippen LogP contribution in [-0.2, 0) is 4.79 Å². The summed E-state index contributed by atoms with van der Waals surface area (Å²) in [4.78, 5) is 26.0. The number of aliphatic hydroxyl groups excluding tert-OH is 1. The van der Waals surface area contributed by atoms with Crippen molar-refractivity contribution < 1.29 is 14.7 Å². The zero-order valence-corrected chi connectivity index (χ0v) is 12.1. The summed E-state index contributed by atoms with van der Waals surface area (Å²) in [6.07, 6.45) is 0. The van der Waals surface area contributed by atoms with Gasteiger partial charge in [0.2, 0.25) is 5.91 Å². The molecule has 0 saturated carbocycles. The van der Waals surface area contributed by atoms with Gasteiger partial charge in [-0.05, 0) is 26.0 Å². The van der Waals surface area contributed by atoms with Crippen LogP contribution in [0.4, 0.5) is 0 Å². The van der Waals surface area contributed by atoms with E-state index in [0.717, 1.165) is 5.56 Å². The lowest BCUT2D eigenvalue weighted by Crippen LogP contribution is -2.55. The Labute approximate surface area is 124 Å². The monoisotopic (exact) mass is 286 g/mol. The molecule has 1 unspecified atom stereocenters. The second kappa shape index (κ2) is 6.42. The second-order valence-electron chi connectivity index (χ2n) is 4.97. The van der Waals surface area contributed by atoms with Crippen LogP contribution in [0.3, 0.4) is 0 Å². The molecule has 1 heterocycles. The van der Waals surface area contributed by atoms with E-state index in [-0.39, 0.29) is 18.4 Å². The zero-order valence-electron chi connectivity index (χ0n) is 12.1. The van der Waals surface area contributed by atoms with E-state index in [2.05, 4.69) is 17.2 Å². The summed E-state index contributed by atoms with van der Waals surface area (Å²) in [5.74, 6) is 4.99. The maximum Gasteiger partial charge on any atom is 0.255 e. The van der Waals surface area contributed by atoms with Crippen LogP contribution in [0.15, 0.2) is 18.2 Å². The van der Waals surface area contributed by atoms with Gasteiger partial charge in [-0.3, -0.25) is 9.59 Å². The summed E-state index contributed by atoms with van der Waals surface area (Å²) in [5.41, 5.74) is 1.98. The second-order valence-corrected chi connectivity index (χ2v) is 4.97. The van der Waals surface area contributed by atoms with E-state index in [4.69, 9.17) is 5.11 Å². The van der Waals surface area contributed by atoms with Gasteiger partial charge in [0.05, 0.1) is 5.56 Å². The minimum Gasteiger partial charge on any atom is -0.384 e. The molecule has 2 rings (SSSR count). The number of hydrogen-bond acceptors (Lipinski definition) is 3. The highest BCUT2D eigenvalue weighted by molar-refractivity contribution is 6.00. The third-order valence-electron chi connectivity index (χ3n) is 3.47. The molecule has 1 aromatic rings. The summed E-state index contributed by atoms with van der Waals surface area (Å²) in [6, 6.07) is 4.90. The van der Waals surface area contributed by atoms with Crippen molar-refractivity contribution in [3.63, 3.8) is 0 Å². The third kappa shape index (κ3) is 3.23. The smallest absolute Gasteiger partial charge is 0.255 e. The third-order valence-corrected chi connectivity index (χ3v) is 3.47. The van der Waals surface area contributed by atoms with Gasteiger partial charge in [-0.15, -0.1) is 0 Å². The van der Waals surface area contributed by atoms with Crippen LogP contribution in [-0.4, -0.2) is 47.6 Å². The van der Waals surface area contributed by atoms with Crippen molar-refractivity contribution in [2.75, 3.05) is 19.7 Å². The predicted molar refractivity (Wildman–Crippen MR) is 78.7 cm³/mol. The molecule has 0 aromatic heterocycles. The highest BCUT2D eigenvalue weighted by atomic mass is 16.2. The molecule has 2 amide bonds. The Balaban J connectivity index is 2.38. The molecule has 5 nitrogen and oxygen atoms in total. The predicted octanol–water partition coefficient (Wildman–Crippen LogP) is 0.299. The minimum absolute atomic E-state index is 0.148. The van der Waals surface area contributed by atoms with E-state index in [9.17, 15) is 9.59 Å². The fraction of sp³-hybridized carbons (Fsp3) is 0.375. The molecule has 21 heavy (non-hydrogen) atoms. The molecule has 1 fully saturated rings. The van der Waals surface area contributed by atoms with Crippen LogP contribution in [0.25, 0.3) is 0 Å². The molecule has 0 bridgehead atoms. The summed E-state index contributed by atoms with van der Waals surface area (Å²) in [5, 5.41) is 11.5. The van der Waals surface area contributed by atoms with Crippen LogP contribution in [0, 0.1) is 18.8 Å². The van der Waals surface area contributed by atoms with Gasteiger partial charge in [0, 0.05) is 18.7 Å². The van der Waals surface area contributed by atoms with E-state index in [1.54, 1.807) is 24.0 Å². The first-order valence-electron chi connectivity index (χ1n) is 6.83. The summed E-state index contributed by atoms with van der Waals surface area (Å²) >= 11 is 0. The average Bonchev–Trinajstić information content (AvgIpc) is 2.48. The van der Waals surface area contributed by atoms with Crippen molar-refractivity contribution in [1.82, 2.24) is 10.2 Å². The Morgan fingerprint density at radius 3 is 3.00 bits per heavy atom. The Bertz CT molecular complexity index is 628. The van der Waals surface area contributed by atoms with Gasteiger partial charge in [0.25, 0.3) is 5.91 Å². The molecule has 5 heteroatoms. The molecule has 1 aliphatic rings. The molecular weight excluding hydrogens is 268 g/mol. The zero-order chi connectivity index (χ0) is 15.4. The normalized spacial score (nSPS) is 17.8. The van der Waals surface area contributed by atoms with Crippen LogP contribution < -0.4 is 5.32 Å². The molecule has 110 valence electrons. The Kier molecular flexibility index (Phi) is 4.61. The first kappa shape index (κ1) is 15.1. The van der Waals surface area contributed by atoms with Gasteiger partial charge >= 0.3 is 0 Å². The van der Waals surface area contributed by atoms with Crippen molar-refractivity contribution in [2.45, 2.75) is 19.9 Å². The van der Waals surface area contributed by atoms with Gasteiger partial charge in [-0.2, -0.15) is 0 Å². The quantitative estimate of drug-likeness (QED) is 0.730. The van der Waals surface area contributed by atoms with Gasteiger partial charge in [-0.1, -0.05) is 23.5 Å². The molecule has 0 spiro atoms. The van der Waals surface area contributed by atoms with Gasteiger partial charge in [-0.25, -0.2) is 0 Å². The molecule has 0 aliphatic carbocycles. The Morgan fingerprint density at radius 2 is 2.29 bits per heavy atom. The lowest BCUT2D eigenvalue weighted by molar-refractivity contribution is -0.127. The van der Waals surface area contributed by atoms with E-state index < -0.39 is 6.04 Å². The van der Waals surface area contributed by atoms with Gasteiger partial charge in [0.15, 0.2) is 0 Å². The van der Waals surface area contributed by atoms with Gasteiger partial charge < -0.3 is 15.3 Å². The fourth-order valence-corrected chi connectivity index (χ4v) is 2.29. The summed E-state index contributed by atoms with van der Waals surface area (Å²) < 4.78 is 0. The number of benzene rings is 1.